The first-order valence-electron chi connectivity index (χ1n) is 6.79. The Balaban J connectivity index is 2.06. The zero-order chi connectivity index (χ0) is 15.6. The molecule has 0 aliphatic carbocycles. The topological polar surface area (TPSA) is 67.6 Å². The van der Waals surface area contributed by atoms with E-state index in [1.807, 2.05) is 13.8 Å². The predicted molar refractivity (Wildman–Crippen MR) is 83.0 cm³/mol. The van der Waals surface area contributed by atoms with Gasteiger partial charge in [0.1, 0.15) is 11.3 Å². The second kappa shape index (κ2) is 6.04. The second-order valence-corrected chi connectivity index (χ2v) is 6.53. The average molecular weight is 352 g/mol. The van der Waals surface area contributed by atoms with Crippen LogP contribution in [-0.2, 0) is 0 Å². The molecule has 112 valence electrons. The number of hydrogen-bond acceptors (Lipinski definition) is 4. The molecule has 1 heterocycles. The molecule has 0 spiro atoms. The number of phenolic OH excluding ortho intramolecular Hbond substituents is 1. The van der Waals surface area contributed by atoms with E-state index in [0.717, 1.165) is 4.47 Å². The van der Waals surface area contributed by atoms with Crippen molar-refractivity contribution in [2.24, 2.45) is 0 Å². The number of piperazine rings is 1. The molecule has 0 atom stereocenters. The third kappa shape index (κ3) is 3.36. The highest BCUT2D eigenvalue weighted by atomic mass is 79.9. The molecule has 2 rings (SSSR count). The van der Waals surface area contributed by atoms with Gasteiger partial charge in [0.15, 0.2) is 0 Å². The zero-order valence-electron chi connectivity index (χ0n) is 12.1. The van der Waals surface area contributed by atoms with Gasteiger partial charge in [0.25, 0.3) is 5.91 Å². The molecule has 1 aromatic rings. The molecule has 1 aromatic carbocycles. The van der Waals surface area contributed by atoms with Crippen LogP contribution in [0.5, 0.6) is 5.75 Å². The highest BCUT2D eigenvalue weighted by Crippen LogP contribution is 2.24. The van der Waals surface area contributed by atoms with Crippen molar-refractivity contribution >= 4 is 21.8 Å². The van der Waals surface area contributed by atoms with Gasteiger partial charge < -0.3 is 10.0 Å². The summed E-state index contributed by atoms with van der Waals surface area (Å²) in [4.78, 5) is 16.2. The highest BCUT2D eigenvalue weighted by Gasteiger charge is 2.31. The maximum atomic E-state index is 12.4. The van der Waals surface area contributed by atoms with Crippen molar-refractivity contribution in [2.75, 3.05) is 26.2 Å². The number of phenols is 1. The summed E-state index contributed by atoms with van der Waals surface area (Å²) in [6.07, 6.45) is 0. The smallest absolute Gasteiger partial charge is 0.257 e. The normalized spacial score (nSPS) is 16.6. The van der Waals surface area contributed by atoms with Crippen LogP contribution in [0.4, 0.5) is 0 Å². The molecular weight excluding hydrogens is 334 g/mol. The minimum atomic E-state index is -0.519. The maximum Gasteiger partial charge on any atom is 0.257 e. The van der Waals surface area contributed by atoms with E-state index in [-0.39, 0.29) is 11.7 Å². The molecule has 0 bridgehead atoms. The lowest BCUT2D eigenvalue weighted by atomic mass is 10.0. The van der Waals surface area contributed by atoms with Gasteiger partial charge in [-0.3, -0.25) is 9.69 Å². The molecule has 21 heavy (non-hydrogen) atoms. The van der Waals surface area contributed by atoms with Gasteiger partial charge in [0.05, 0.1) is 11.6 Å². The van der Waals surface area contributed by atoms with Crippen molar-refractivity contribution in [3.8, 4) is 11.8 Å². The molecule has 0 radical (unpaired) electrons. The van der Waals surface area contributed by atoms with Crippen molar-refractivity contribution in [3.63, 3.8) is 0 Å². The third-order valence-electron chi connectivity index (χ3n) is 3.82. The van der Waals surface area contributed by atoms with Crippen molar-refractivity contribution in [2.45, 2.75) is 19.4 Å². The van der Waals surface area contributed by atoms with Gasteiger partial charge in [-0.25, -0.2) is 0 Å². The van der Waals surface area contributed by atoms with Gasteiger partial charge in [-0.05, 0) is 32.0 Å². The highest BCUT2D eigenvalue weighted by molar-refractivity contribution is 9.10. The lowest BCUT2D eigenvalue weighted by Gasteiger charge is -2.40. The van der Waals surface area contributed by atoms with E-state index in [1.165, 1.54) is 6.07 Å². The number of halogens is 1. The maximum absolute atomic E-state index is 12.4. The van der Waals surface area contributed by atoms with E-state index in [0.29, 0.717) is 31.7 Å². The van der Waals surface area contributed by atoms with Crippen LogP contribution < -0.4 is 0 Å². The summed E-state index contributed by atoms with van der Waals surface area (Å²) in [5.41, 5.74) is -0.208. The number of hydrogen-bond donors (Lipinski definition) is 1. The minimum absolute atomic E-state index is 0.0193. The Morgan fingerprint density at radius 1 is 1.33 bits per heavy atom. The average Bonchev–Trinajstić information content (AvgIpc) is 2.47. The van der Waals surface area contributed by atoms with Crippen LogP contribution >= 0.6 is 15.9 Å². The first-order valence-corrected chi connectivity index (χ1v) is 7.58. The third-order valence-corrected chi connectivity index (χ3v) is 4.31. The summed E-state index contributed by atoms with van der Waals surface area (Å²) in [5, 5.41) is 19.0. The van der Waals surface area contributed by atoms with E-state index < -0.39 is 5.54 Å². The summed E-state index contributed by atoms with van der Waals surface area (Å²) in [5.74, 6) is -0.191. The van der Waals surface area contributed by atoms with Crippen LogP contribution in [0.3, 0.4) is 0 Å². The number of rotatable bonds is 2. The fourth-order valence-electron chi connectivity index (χ4n) is 2.40. The lowest BCUT2D eigenvalue weighted by molar-refractivity contribution is 0.0518. The summed E-state index contributed by atoms with van der Waals surface area (Å²) < 4.78 is 0.733. The standard InChI is InChI=1S/C15H18BrN3O2/c1-15(2,10-17)19-7-5-18(6-8-19)14(21)12-4-3-11(16)9-13(12)20/h3-4,9,20H,5-8H2,1-2H3. The number of nitrogens with zero attached hydrogens (tertiary/aromatic N) is 3. The quantitative estimate of drug-likeness (QED) is 0.886. The SMILES string of the molecule is CC(C)(C#N)N1CCN(C(=O)c2ccc(Br)cc2O)CC1. The molecular formula is C15H18BrN3O2. The Labute approximate surface area is 132 Å². The van der Waals surface area contributed by atoms with Crippen LogP contribution in [0.25, 0.3) is 0 Å². The van der Waals surface area contributed by atoms with Crippen LogP contribution in [-0.4, -0.2) is 52.5 Å². The van der Waals surface area contributed by atoms with Crippen molar-refractivity contribution < 1.29 is 9.90 Å². The van der Waals surface area contributed by atoms with Gasteiger partial charge in [0.2, 0.25) is 0 Å². The second-order valence-electron chi connectivity index (χ2n) is 5.61. The summed E-state index contributed by atoms with van der Waals surface area (Å²) >= 11 is 3.26. The molecule has 5 nitrogen and oxygen atoms in total. The molecule has 1 aliphatic heterocycles. The molecule has 0 unspecified atom stereocenters. The van der Waals surface area contributed by atoms with Gasteiger partial charge in [-0.2, -0.15) is 5.26 Å². The fourth-order valence-corrected chi connectivity index (χ4v) is 2.74. The van der Waals surface area contributed by atoms with Crippen LogP contribution in [0.1, 0.15) is 24.2 Å². The number of aromatic hydroxyl groups is 1. The van der Waals surface area contributed by atoms with Gasteiger partial charge in [-0.1, -0.05) is 15.9 Å². The fraction of sp³-hybridized carbons (Fsp3) is 0.467. The summed E-state index contributed by atoms with van der Waals surface area (Å²) in [7, 11) is 0. The van der Waals surface area contributed by atoms with Crippen LogP contribution in [0.2, 0.25) is 0 Å². The van der Waals surface area contributed by atoms with Crippen molar-refractivity contribution in [1.29, 1.82) is 5.26 Å². The van der Waals surface area contributed by atoms with Crippen molar-refractivity contribution in [1.82, 2.24) is 9.80 Å². The molecule has 0 aromatic heterocycles. The Kier molecular flexibility index (Phi) is 4.55. The molecule has 0 saturated carbocycles. The predicted octanol–water partition coefficient (Wildman–Crippen LogP) is 2.21. The van der Waals surface area contributed by atoms with Gasteiger partial charge in [-0.15, -0.1) is 0 Å². The summed E-state index contributed by atoms with van der Waals surface area (Å²) in [6, 6.07) is 7.15. The number of carbonyl (C=O) groups is 1. The van der Waals surface area contributed by atoms with E-state index >= 15 is 0 Å². The van der Waals surface area contributed by atoms with E-state index in [2.05, 4.69) is 26.9 Å². The van der Waals surface area contributed by atoms with E-state index in [4.69, 9.17) is 5.26 Å². The Morgan fingerprint density at radius 2 is 1.95 bits per heavy atom. The molecule has 1 fully saturated rings. The van der Waals surface area contributed by atoms with E-state index in [9.17, 15) is 9.90 Å². The molecule has 6 heteroatoms. The summed E-state index contributed by atoms with van der Waals surface area (Å²) in [6.45, 7) is 6.18. The first-order chi connectivity index (χ1) is 9.85. The Bertz CT molecular complexity index is 587. The van der Waals surface area contributed by atoms with E-state index in [1.54, 1.807) is 17.0 Å². The number of carbonyl (C=O) groups excluding carboxylic acids is 1. The minimum Gasteiger partial charge on any atom is -0.507 e. The van der Waals surface area contributed by atoms with Crippen LogP contribution in [0.15, 0.2) is 22.7 Å². The zero-order valence-corrected chi connectivity index (χ0v) is 13.7. The molecule has 1 saturated heterocycles. The molecule has 1 aliphatic rings. The van der Waals surface area contributed by atoms with Gasteiger partial charge >= 0.3 is 0 Å². The van der Waals surface area contributed by atoms with Crippen molar-refractivity contribution in [3.05, 3.63) is 28.2 Å². The van der Waals surface area contributed by atoms with Crippen LogP contribution in [0, 0.1) is 11.3 Å². The monoisotopic (exact) mass is 351 g/mol. The lowest BCUT2D eigenvalue weighted by Crippen LogP contribution is -2.55. The Hall–Kier alpha value is -1.58. The number of benzene rings is 1. The molecule has 1 N–H and O–H groups in total. The number of nitriles is 1. The van der Waals surface area contributed by atoms with Gasteiger partial charge in [0, 0.05) is 30.7 Å². The molecule has 1 amide bonds. The first kappa shape index (κ1) is 15.8. The Morgan fingerprint density at radius 3 is 2.48 bits per heavy atom. The number of amides is 1. The largest absolute Gasteiger partial charge is 0.507 e.